The summed E-state index contributed by atoms with van der Waals surface area (Å²) in [7, 11) is 0. The quantitative estimate of drug-likeness (QED) is 0.352. The molecule has 0 fully saturated rings. The van der Waals surface area contributed by atoms with Crippen molar-refractivity contribution in [1.82, 2.24) is 5.32 Å². The highest BCUT2D eigenvalue weighted by Gasteiger charge is 2.06. The average molecular weight is 209 g/mol. The molecule has 1 aromatic rings. The number of aryl methyl sites for hydroxylation is 1. The zero-order valence-corrected chi connectivity index (χ0v) is 8.19. The van der Waals surface area contributed by atoms with Crippen molar-refractivity contribution < 1.29 is 4.39 Å². The summed E-state index contributed by atoms with van der Waals surface area (Å²) in [5.74, 6) is -1.07. The molecule has 6 N–H and O–H groups in total. The van der Waals surface area contributed by atoms with Crippen molar-refractivity contribution in [2.45, 2.75) is 6.92 Å². The van der Waals surface area contributed by atoms with E-state index in [-0.39, 0.29) is 17.6 Å². The average Bonchev–Trinajstić information content (AvgIpc) is 2.10. The van der Waals surface area contributed by atoms with E-state index in [0.29, 0.717) is 5.56 Å². The lowest BCUT2D eigenvalue weighted by molar-refractivity contribution is 0.631. The Balaban J connectivity index is 2.80. The van der Waals surface area contributed by atoms with Crippen LogP contribution in [0, 0.1) is 23.6 Å². The van der Waals surface area contributed by atoms with Crippen LogP contribution in [0.5, 0.6) is 0 Å². The van der Waals surface area contributed by atoms with Crippen LogP contribution in [0.1, 0.15) is 5.56 Å². The molecule has 0 aliphatic carbocycles. The Morgan fingerprint density at radius 2 is 2.07 bits per heavy atom. The molecule has 0 bridgehead atoms. The van der Waals surface area contributed by atoms with Crippen molar-refractivity contribution in [2.24, 2.45) is 5.73 Å². The Hall–Kier alpha value is -2.11. The SMILES string of the molecule is Cc1cccc(F)c1NC(=N)NC(=N)N. The Morgan fingerprint density at radius 3 is 2.60 bits per heavy atom. The molecule has 0 amide bonds. The Labute approximate surface area is 86.5 Å². The number of halogens is 1. The van der Waals surface area contributed by atoms with Crippen LogP contribution in [0.4, 0.5) is 10.1 Å². The standard InChI is InChI=1S/C9H12FN5/c1-5-3-2-4-6(10)7(5)14-9(13)15-8(11)12/h2-4H,1H3,(H6,11,12,13,14,15). The van der Waals surface area contributed by atoms with E-state index in [0.717, 1.165) is 0 Å². The highest BCUT2D eigenvalue weighted by molar-refractivity contribution is 6.02. The van der Waals surface area contributed by atoms with Gasteiger partial charge in [0.15, 0.2) is 11.9 Å². The van der Waals surface area contributed by atoms with Gasteiger partial charge in [0.2, 0.25) is 0 Å². The molecule has 0 atom stereocenters. The number of para-hydroxylation sites is 1. The van der Waals surface area contributed by atoms with Crippen LogP contribution in [0.15, 0.2) is 18.2 Å². The van der Waals surface area contributed by atoms with E-state index in [1.54, 1.807) is 19.1 Å². The molecule has 5 nitrogen and oxygen atoms in total. The van der Waals surface area contributed by atoms with E-state index in [1.807, 2.05) is 0 Å². The first-order valence-corrected chi connectivity index (χ1v) is 4.22. The molecule has 0 aromatic heterocycles. The van der Waals surface area contributed by atoms with Crippen LogP contribution in [0.2, 0.25) is 0 Å². The highest BCUT2D eigenvalue weighted by atomic mass is 19.1. The van der Waals surface area contributed by atoms with Crippen molar-refractivity contribution in [3.63, 3.8) is 0 Å². The Bertz CT molecular complexity index is 381. The van der Waals surface area contributed by atoms with E-state index in [1.165, 1.54) is 6.07 Å². The monoisotopic (exact) mass is 209 g/mol. The number of rotatable bonds is 1. The van der Waals surface area contributed by atoms with Gasteiger partial charge in [-0.05, 0) is 18.6 Å². The summed E-state index contributed by atoms with van der Waals surface area (Å²) in [6.07, 6.45) is 0. The summed E-state index contributed by atoms with van der Waals surface area (Å²) < 4.78 is 13.3. The number of guanidine groups is 2. The van der Waals surface area contributed by atoms with Gasteiger partial charge in [-0.2, -0.15) is 0 Å². The van der Waals surface area contributed by atoms with Crippen LogP contribution in [-0.2, 0) is 0 Å². The lowest BCUT2D eigenvalue weighted by Gasteiger charge is -2.11. The van der Waals surface area contributed by atoms with Gasteiger partial charge in [0.1, 0.15) is 5.82 Å². The van der Waals surface area contributed by atoms with Crippen molar-refractivity contribution in [1.29, 1.82) is 10.8 Å². The molecular weight excluding hydrogens is 197 g/mol. The Morgan fingerprint density at radius 1 is 1.40 bits per heavy atom. The molecule has 0 saturated heterocycles. The third-order valence-electron chi connectivity index (χ3n) is 1.73. The van der Waals surface area contributed by atoms with E-state index < -0.39 is 5.82 Å². The van der Waals surface area contributed by atoms with Crippen molar-refractivity contribution in [3.05, 3.63) is 29.6 Å². The van der Waals surface area contributed by atoms with Gasteiger partial charge < -0.3 is 11.1 Å². The third-order valence-corrected chi connectivity index (χ3v) is 1.73. The fourth-order valence-corrected chi connectivity index (χ4v) is 1.08. The molecule has 6 heteroatoms. The maximum absolute atomic E-state index is 13.3. The fourth-order valence-electron chi connectivity index (χ4n) is 1.08. The summed E-state index contributed by atoms with van der Waals surface area (Å²) >= 11 is 0. The smallest absolute Gasteiger partial charge is 0.199 e. The molecule has 1 rings (SSSR count). The number of anilines is 1. The predicted octanol–water partition coefficient (Wildman–Crippen LogP) is 0.964. The molecule has 0 unspecified atom stereocenters. The molecule has 0 heterocycles. The second kappa shape index (κ2) is 4.41. The molecule has 80 valence electrons. The van der Waals surface area contributed by atoms with Crippen molar-refractivity contribution in [2.75, 3.05) is 5.32 Å². The summed E-state index contributed by atoms with van der Waals surface area (Å²) in [6, 6.07) is 4.58. The molecule has 0 aliphatic rings. The van der Waals surface area contributed by atoms with Crippen LogP contribution in [0.3, 0.4) is 0 Å². The minimum atomic E-state index is -0.454. The summed E-state index contributed by atoms with van der Waals surface area (Å²) in [5, 5.41) is 18.9. The molecule has 1 aromatic carbocycles. The summed E-state index contributed by atoms with van der Waals surface area (Å²) in [6.45, 7) is 1.71. The molecule has 0 saturated carbocycles. The highest BCUT2D eigenvalue weighted by Crippen LogP contribution is 2.17. The molecule has 15 heavy (non-hydrogen) atoms. The third kappa shape index (κ3) is 2.94. The minimum Gasteiger partial charge on any atom is -0.370 e. The number of hydrogen-bond acceptors (Lipinski definition) is 2. The fraction of sp³-hybridized carbons (Fsp3) is 0.111. The second-order valence-electron chi connectivity index (χ2n) is 2.97. The van der Waals surface area contributed by atoms with Gasteiger partial charge in [0.25, 0.3) is 0 Å². The summed E-state index contributed by atoms with van der Waals surface area (Å²) in [4.78, 5) is 0. The van der Waals surface area contributed by atoms with Crippen molar-refractivity contribution in [3.8, 4) is 0 Å². The van der Waals surface area contributed by atoms with E-state index in [4.69, 9.17) is 16.6 Å². The number of nitrogens with one attached hydrogen (secondary N) is 4. The topological polar surface area (TPSA) is 97.8 Å². The molecular formula is C9H12FN5. The number of nitrogens with two attached hydrogens (primary N) is 1. The van der Waals surface area contributed by atoms with Crippen LogP contribution in [-0.4, -0.2) is 11.9 Å². The first-order chi connectivity index (χ1) is 7.00. The first-order valence-electron chi connectivity index (χ1n) is 4.22. The van der Waals surface area contributed by atoms with Gasteiger partial charge in [-0.3, -0.25) is 16.1 Å². The van der Waals surface area contributed by atoms with E-state index >= 15 is 0 Å². The molecule has 0 aliphatic heterocycles. The van der Waals surface area contributed by atoms with Gasteiger partial charge in [0.05, 0.1) is 5.69 Å². The van der Waals surface area contributed by atoms with Gasteiger partial charge >= 0.3 is 0 Å². The lowest BCUT2D eigenvalue weighted by atomic mass is 10.2. The maximum Gasteiger partial charge on any atom is 0.199 e. The molecule has 0 spiro atoms. The van der Waals surface area contributed by atoms with E-state index in [9.17, 15) is 4.39 Å². The lowest BCUT2D eigenvalue weighted by Crippen LogP contribution is -2.39. The van der Waals surface area contributed by atoms with Crippen molar-refractivity contribution >= 4 is 17.6 Å². The van der Waals surface area contributed by atoms with Gasteiger partial charge in [-0.15, -0.1) is 0 Å². The number of benzene rings is 1. The predicted molar refractivity (Wildman–Crippen MR) is 57.5 cm³/mol. The van der Waals surface area contributed by atoms with E-state index in [2.05, 4.69) is 10.6 Å². The normalized spacial score (nSPS) is 9.47. The zero-order valence-electron chi connectivity index (χ0n) is 8.19. The second-order valence-corrected chi connectivity index (χ2v) is 2.97. The maximum atomic E-state index is 13.3. The van der Waals surface area contributed by atoms with Crippen LogP contribution >= 0.6 is 0 Å². The van der Waals surface area contributed by atoms with Gasteiger partial charge in [-0.25, -0.2) is 4.39 Å². The largest absolute Gasteiger partial charge is 0.370 e. The van der Waals surface area contributed by atoms with Crippen LogP contribution < -0.4 is 16.4 Å². The zero-order chi connectivity index (χ0) is 11.4. The number of hydrogen-bond donors (Lipinski definition) is 5. The van der Waals surface area contributed by atoms with Gasteiger partial charge in [0, 0.05) is 0 Å². The van der Waals surface area contributed by atoms with Crippen LogP contribution in [0.25, 0.3) is 0 Å². The Kier molecular flexibility index (Phi) is 3.22. The first kappa shape index (κ1) is 11.0. The summed E-state index contributed by atoms with van der Waals surface area (Å²) in [5.41, 5.74) is 5.90. The van der Waals surface area contributed by atoms with Gasteiger partial charge in [-0.1, -0.05) is 12.1 Å². The minimum absolute atomic E-state index is 0.205. The molecule has 0 radical (unpaired) electrons.